The molecule has 0 saturated carbocycles. The van der Waals surface area contributed by atoms with Gasteiger partial charge in [0.15, 0.2) is 0 Å². The molecule has 0 unspecified atom stereocenters. The van der Waals surface area contributed by atoms with Gasteiger partial charge in [0.1, 0.15) is 6.61 Å². The van der Waals surface area contributed by atoms with E-state index in [0.29, 0.717) is 16.1 Å². The van der Waals surface area contributed by atoms with Crippen molar-refractivity contribution in [3.8, 4) is 0 Å². The first-order valence-corrected chi connectivity index (χ1v) is 9.15. The molecule has 1 heterocycles. The number of fused-ring (bicyclic) bond motifs is 1. The molecule has 2 amide bonds. The molecule has 0 bridgehead atoms. The Hall–Kier alpha value is -2.66. The van der Waals surface area contributed by atoms with Gasteiger partial charge >= 0.3 is 5.97 Å². The summed E-state index contributed by atoms with van der Waals surface area (Å²) in [6.45, 7) is 3.86. The van der Waals surface area contributed by atoms with Crippen LogP contribution in [-0.2, 0) is 9.53 Å². The fraction of sp³-hybridized carbons (Fsp3) is 0.286. The van der Waals surface area contributed by atoms with Crippen molar-refractivity contribution in [2.24, 2.45) is 5.92 Å². The van der Waals surface area contributed by atoms with Gasteiger partial charge in [-0.3, -0.25) is 19.3 Å². The predicted octanol–water partition coefficient (Wildman–Crippen LogP) is 3.92. The zero-order valence-corrected chi connectivity index (χ0v) is 15.9. The molecule has 140 valence electrons. The Morgan fingerprint density at radius 1 is 1.00 bits per heavy atom. The summed E-state index contributed by atoms with van der Waals surface area (Å²) in [6.07, 6.45) is 0. The van der Waals surface area contributed by atoms with Crippen LogP contribution in [-0.4, -0.2) is 35.8 Å². The first-order valence-electron chi connectivity index (χ1n) is 8.77. The van der Waals surface area contributed by atoms with Crippen molar-refractivity contribution >= 4 is 29.4 Å². The maximum atomic E-state index is 12.6. The second kappa shape index (κ2) is 7.92. The first kappa shape index (κ1) is 19.1. The van der Waals surface area contributed by atoms with Crippen LogP contribution in [0.4, 0.5) is 0 Å². The maximum Gasteiger partial charge on any atom is 0.313 e. The van der Waals surface area contributed by atoms with Gasteiger partial charge in [0.25, 0.3) is 11.8 Å². The van der Waals surface area contributed by atoms with E-state index in [4.69, 9.17) is 16.3 Å². The molecule has 0 saturated heterocycles. The number of ether oxygens (including phenoxy) is 1. The van der Waals surface area contributed by atoms with Gasteiger partial charge in [-0.2, -0.15) is 0 Å². The Morgan fingerprint density at radius 3 is 2.07 bits per heavy atom. The van der Waals surface area contributed by atoms with Crippen LogP contribution in [0.3, 0.4) is 0 Å². The van der Waals surface area contributed by atoms with E-state index in [1.54, 1.807) is 48.5 Å². The van der Waals surface area contributed by atoms with Gasteiger partial charge in [0, 0.05) is 5.02 Å². The monoisotopic (exact) mass is 385 g/mol. The van der Waals surface area contributed by atoms with Crippen LogP contribution in [0.1, 0.15) is 46.0 Å². The van der Waals surface area contributed by atoms with Crippen LogP contribution in [0.2, 0.25) is 5.02 Å². The van der Waals surface area contributed by atoms with Gasteiger partial charge in [-0.1, -0.05) is 49.7 Å². The molecule has 0 fully saturated rings. The number of hydrogen-bond donors (Lipinski definition) is 0. The lowest BCUT2D eigenvalue weighted by atomic mass is 9.88. The van der Waals surface area contributed by atoms with E-state index in [9.17, 15) is 14.4 Å². The zero-order chi connectivity index (χ0) is 19.6. The summed E-state index contributed by atoms with van der Waals surface area (Å²) in [7, 11) is 0. The van der Waals surface area contributed by atoms with Crippen molar-refractivity contribution in [1.29, 1.82) is 0 Å². The van der Waals surface area contributed by atoms with Crippen LogP contribution < -0.4 is 0 Å². The summed E-state index contributed by atoms with van der Waals surface area (Å²) >= 11 is 5.91. The molecule has 1 atom stereocenters. The molecule has 6 heteroatoms. The number of halogens is 1. The highest BCUT2D eigenvalue weighted by atomic mass is 35.5. The Kier molecular flexibility index (Phi) is 5.61. The minimum Gasteiger partial charge on any atom is -0.463 e. The van der Waals surface area contributed by atoms with E-state index < -0.39 is 5.92 Å². The average Bonchev–Trinajstić information content (AvgIpc) is 2.88. The Balaban J connectivity index is 1.63. The second-order valence-electron chi connectivity index (χ2n) is 6.75. The molecule has 0 spiro atoms. The van der Waals surface area contributed by atoms with Gasteiger partial charge in [-0.15, -0.1) is 0 Å². The van der Waals surface area contributed by atoms with Crippen LogP contribution in [0.5, 0.6) is 0 Å². The number of imide groups is 1. The van der Waals surface area contributed by atoms with Crippen LogP contribution in [0.15, 0.2) is 48.5 Å². The third-order valence-electron chi connectivity index (χ3n) is 4.59. The highest BCUT2D eigenvalue weighted by molar-refractivity contribution is 6.30. The predicted molar refractivity (Wildman–Crippen MR) is 102 cm³/mol. The number of nitrogens with zero attached hydrogens (tertiary/aromatic N) is 1. The standard InChI is InChI=1S/C21H20ClNO4/c1-13(2)18(14-7-9-15(22)10-8-14)21(26)27-12-11-23-19(24)16-5-3-4-6-17(16)20(23)25/h3-10,13,18H,11-12H2,1-2H3/t18-/m1/s1. The van der Waals surface area contributed by atoms with E-state index >= 15 is 0 Å². The molecular formula is C21H20ClNO4. The van der Waals surface area contributed by atoms with E-state index in [-0.39, 0.29) is 36.9 Å². The number of rotatable bonds is 6. The molecule has 0 aliphatic carbocycles. The molecule has 0 radical (unpaired) electrons. The molecule has 2 aromatic carbocycles. The molecule has 3 rings (SSSR count). The molecule has 0 N–H and O–H groups in total. The third-order valence-corrected chi connectivity index (χ3v) is 4.84. The van der Waals surface area contributed by atoms with E-state index in [1.807, 2.05) is 13.8 Å². The van der Waals surface area contributed by atoms with E-state index in [0.717, 1.165) is 10.5 Å². The van der Waals surface area contributed by atoms with Crippen molar-refractivity contribution < 1.29 is 19.1 Å². The molecule has 1 aliphatic rings. The molecule has 27 heavy (non-hydrogen) atoms. The van der Waals surface area contributed by atoms with Gasteiger partial charge in [-0.05, 0) is 35.7 Å². The lowest BCUT2D eigenvalue weighted by molar-refractivity contribution is -0.146. The van der Waals surface area contributed by atoms with Crippen molar-refractivity contribution in [3.05, 3.63) is 70.2 Å². The van der Waals surface area contributed by atoms with Gasteiger partial charge in [0.2, 0.25) is 0 Å². The smallest absolute Gasteiger partial charge is 0.313 e. The lowest BCUT2D eigenvalue weighted by Crippen LogP contribution is -2.34. The van der Waals surface area contributed by atoms with Crippen molar-refractivity contribution in [2.75, 3.05) is 13.2 Å². The second-order valence-corrected chi connectivity index (χ2v) is 7.18. The SMILES string of the molecule is CC(C)[C@@H](C(=O)OCCN1C(=O)c2ccccc2C1=O)c1ccc(Cl)cc1. The fourth-order valence-corrected chi connectivity index (χ4v) is 3.36. The largest absolute Gasteiger partial charge is 0.463 e. The first-order chi connectivity index (χ1) is 12.9. The normalized spacial score (nSPS) is 14.4. The van der Waals surface area contributed by atoms with Crippen LogP contribution >= 0.6 is 11.6 Å². The fourth-order valence-electron chi connectivity index (χ4n) is 3.23. The van der Waals surface area contributed by atoms with Crippen molar-refractivity contribution in [3.63, 3.8) is 0 Å². The Morgan fingerprint density at radius 2 is 1.56 bits per heavy atom. The van der Waals surface area contributed by atoms with Crippen LogP contribution in [0.25, 0.3) is 0 Å². The maximum absolute atomic E-state index is 12.6. The lowest BCUT2D eigenvalue weighted by Gasteiger charge is -2.21. The average molecular weight is 386 g/mol. The van der Waals surface area contributed by atoms with E-state index in [1.165, 1.54) is 0 Å². The topological polar surface area (TPSA) is 63.7 Å². The minimum absolute atomic E-state index is 0.0259. The number of esters is 1. The molecule has 5 nitrogen and oxygen atoms in total. The van der Waals surface area contributed by atoms with Gasteiger partial charge < -0.3 is 4.74 Å². The summed E-state index contributed by atoms with van der Waals surface area (Å²) in [5.74, 6) is -1.51. The van der Waals surface area contributed by atoms with E-state index in [2.05, 4.69) is 0 Å². The number of benzene rings is 2. The summed E-state index contributed by atoms with van der Waals surface area (Å²) in [6, 6.07) is 13.8. The Bertz CT molecular complexity index is 841. The van der Waals surface area contributed by atoms with Crippen LogP contribution in [0, 0.1) is 5.92 Å². The third kappa shape index (κ3) is 3.88. The minimum atomic E-state index is -0.440. The quantitative estimate of drug-likeness (QED) is 0.558. The highest BCUT2D eigenvalue weighted by Crippen LogP contribution is 2.27. The number of hydrogen-bond acceptors (Lipinski definition) is 4. The molecule has 2 aromatic rings. The van der Waals surface area contributed by atoms with Crippen molar-refractivity contribution in [1.82, 2.24) is 4.90 Å². The summed E-state index contributed by atoms with van der Waals surface area (Å²) in [4.78, 5) is 38.4. The number of carbonyl (C=O) groups is 3. The molecule has 1 aliphatic heterocycles. The summed E-state index contributed by atoms with van der Waals surface area (Å²) < 4.78 is 5.39. The molecular weight excluding hydrogens is 366 g/mol. The number of carbonyl (C=O) groups excluding carboxylic acids is 3. The van der Waals surface area contributed by atoms with Gasteiger partial charge in [0.05, 0.1) is 23.6 Å². The highest BCUT2D eigenvalue weighted by Gasteiger charge is 2.35. The Labute approximate surface area is 162 Å². The summed E-state index contributed by atoms with van der Waals surface area (Å²) in [5, 5.41) is 0.597. The van der Waals surface area contributed by atoms with Crippen molar-refractivity contribution in [2.45, 2.75) is 19.8 Å². The number of amides is 2. The summed E-state index contributed by atoms with van der Waals surface area (Å²) in [5.41, 5.74) is 1.59. The molecule has 0 aromatic heterocycles. The van der Waals surface area contributed by atoms with Gasteiger partial charge in [-0.25, -0.2) is 0 Å². The zero-order valence-electron chi connectivity index (χ0n) is 15.1.